The van der Waals surface area contributed by atoms with E-state index in [0.29, 0.717) is 19.0 Å². The van der Waals surface area contributed by atoms with Gasteiger partial charge in [0.15, 0.2) is 0 Å². The molecule has 3 saturated heterocycles. The Balaban J connectivity index is 1.56. The van der Waals surface area contributed by atoms with Gasteiger partial charge in [-0.15, -0.1) is 0 Å². The van der Waals surface area contributed by atoms with Crippen LogP contribution in [0.5, 0.6) is 0 Å². The lowest BCUT2D eigenvalue weighted by atomic mass is 9.72. The summed E-state index contributed by atoms with van der Waals surface area (Å²) in [5, 5.41) is 3.67. The van der Waals surface area contributed by atoms with E-state index in [1.165, 1.54) is 17.1 Å². The van der Waals surface area contributed by atoms with Crippen LogP contribution in [0.2, 0.25) is 0 Å². The Bertz CT molecular complexity index is 623. The summed E-state index contributed by atoms with van der Waals surface area (Å²) in [6.07, 6.45) is 7.28. The van der Waals surface area contributed by atoms with Gasteiger partial charge in [-0.3, -0.25) is 4.79 Å². The van der Waals surface area contributed by atoms with Gasteiger partial charge >= 0.3 is 0 Å². The number of nitrogens with zero attached hydrogens (tertiary/aromatic N) is 2. The van der Waals surface area contributed by atoms with E-state index in [1.807, 2.05) is 0 Å². The predicted molar refractivity (Wildman–Crippen MR) is 92.0 cm³/mol. The second kappa shape index (κ2) is 5.95. The Morgan fingerprint density at radius 2 is 2.00 bits per heavy atom. The number of sulfonamides is 1. The van der Waals surface area contributed by atoms with Crippen molar-refractivity contribution in [1.82, 2.24) is 14.5 Å². The molecule has 24 heavy (non-hydrogen) atoms. The van der Waals surface area contributed by atoms with Gasteiger partial charge in [-0.1, -0.05) is 19.8 Å². The molecular weight excluding hydrogens is 326 g/mol. The second-order valence-electron chi connectivity index (χ2n) is 8.28. The van der Waals surface area contributed by atoms with E-state index in [2.05, 4.69) is 17.1 Å². The summed E-state index contributed by atoms with van der Waals surface area (Å²) in [4.78, 5) is 15.2. The van der Waals surface area contributed by atoms with Gasteiger partial charge in [0.25, 0.3) is 0 Å². The fourth-order valence-electron chi connectivity index (χ4n) is 5.59. The van der Waals surface area contributed by atoms with E-state index in [1.54, 1.807) is 0 Å². The third-order valence-corrected chi connectivity index (χ3v) is 8.74. The minimum absolute atomic E-state index is 0.0172. The second-order valence-corrected chi connectivity index (χ2v) is 10.4. The molecule has 4 atom stereocenters. The normalized spacial score (nSPS) is 41.9. The molecule has 1 N–H and O–H groups in total. The van der Waals surface area contributed by atoms with Crippen molar-refractivity contribution >= 4 is 15.9 Å². The van der Waals surface area contributed by atoms with Gasteiger partial charge in [0.2, 0.25) is 15.9 Å². The lowest BCUT2D eigenvalue weighted by Crippen LogP contribution is -2.51. The van der Waals surface area contributed by atoms with Crippen LogP contribution in [0.4, 0.5) is 0 Å². The van der Waals surface area contributed by atoms with Crippen molar-refractivity contribution in [3.8, 4) is 0 Å². The van der Waals surface area contributed by atoms with Crippen LogP contribution in [0, 0.1) is 5.41 Å². The highest BCUT2D eigenvalue weighted by Crippen LogP contribution is 2.50. The van der Waals surface area contributed by atoms with Crippen molar-refractivity contribution in [2.45, 2.75) is 70.0 Å². The number of hydrogen-bond donors (Lipinski definition) is 1. The average Bonchev–Trinajstić information content (AvgIpc) is 2.64. The summed E-state index contributed by atoms with van der Waals surface area (Å²) >= 11 is 0. The summed E-state index contributed by atoms with van der Waals surface area (Å²) in [6.45, 7) is 3.72. The Morgan fingerprint density at radius 1 is 1.21 bits per heavy atom. The maximum atomic E-state index is 13.1. The van der Waals surface area contributed by atoms with Crippen molar-refractivity contribution in [3.63, 3.8) is 0 Å². The minimum Gasteiger partial charge on any atom is -0.334 e. The number of likely N-dealkylation sites (tertiary alicyclic amines) is 1. The molecule has 3 aliphatic heterocycles. The first-order valence-corrected chi connectivity index (χ1v) is 11.1. The van der Waals surface area contributed by atoms with Crippen LogP contribution in [0.1, 0.15) is 51.9 Å². The van der Waals surface area contributed by atoms with Crippen molar-refractivity contribution < 1.29 is 13.2 Å². The number of carbonyl (C=O) groups excluding carboxylic acids is 1. The standard InChI is InChI=1S/C17H29N3O3S/c1-17-10-13-11-18-14(17)6-2-3-7-15(17)20(13)16(21)12-19-8-4-5-9-24(19,22)23/h13-15,18H,2-12H2,1H3/t13-,14+,15-,17+/m0/s1. The topological polar surface area (TPSA) is 69.7 Å². The summed E-state index contributed by atoms with van der Waals surface area (Å²) in [6, 6.07) is 0.997. The molecule has 1 aliphatic carbocycles. The molecule has 4 aliphatic rings. The molecule has 0 spiro atoms. The van der Waals surface area contributed by atoms with Crippen LogP contribution in [0.3, 0.4) is 0 Å². The molecule has 2 bridgehead atoms. The fraction of sp³-hybridized carbons (Fsp3) is 0.941. The lowest BCUT2D eigenvalue weighted by molar-refractivity contribution is -0.134. The zero-order chi connectivity index (χ0) is 16.9. The first-order valence-electron chi connectivity index (χ1n) is 9.44. The smallest absolute Gasteiger partial charge is 0.238 e. The first-order chi connectivity index (χ1) is 11.4. The van der Waals surface area contributed by atoms with E-state index in [0.717, 1.165) is 32.2 Å². The molecule has 4 fully saturated rings. The molecule has 1 saturated carbocycles. The van der Waals surface area contributed by atoms with E-state index in [9.17, 15) is 13.2 Å². The van der Waals surface area contributed by atoms with Gasteiger partial charge in [0, 0.05) is 36.6 Å². The SMILES string of the molecule is C[C@@]12C[C@H]3CN[C@@H]1CCCC[C@@H]2N3C(=O)CN1CCCCS1(=O)=O. The monoisotopic (exact) mass is 355 g/mol. The molecule has 1 amide bonds. The summed E-state index contributed by atoms with van der Waals surface area (Å²) < 4.78 is 25.9. The Kier molecular flexibility index (Phi) is 4.16. The highest BCUT2D eigenvalue weighted by atomic mass is 32.2. The molecule has 4 rings (SSSR count). The van der Waals surface area contributed by atoms with Gasteiger partial charge in [-0.05, 0) is 32.1 Å². The number of carbonyl (C=O) groups is 1. The van der Waals surface area contributed by atoms with E-state index in [-0.39, 0.29) is 35.7 Å². The van der Waals surface area contributed by atoms with Crippen LogP contribution in [0.15, 0.2) is 0 Å². The van der Waals surface area contributed by atoms with Crippen molar-refractivity contribution in [2.24, 2.45) is 5.41 Å². The molecule has 6 nitrogen and oxygen atoms in total. The van der Waals surface area contributed by atoms with Crippen LogP contribution < -0.4 is 5.32 Å². The van der Waals surface area contributed by atoms with Crippen LogP contribution in [-0.4, -0.2) is 67.0 Å². The van der Waals surface area contributed by atoms with Crippen molar-refractivity contribution in [3.05, 3.63) is 0 Å². The number of rotatable bonds is 2. The summed E-state index contributed by atoms with van der Waals surface area (Å²) in [7, 11) is -3.24. The number of amides is 1. The molecular formula is C17H29N3O3S. The lowest BCUT2D eigenvalue weighted by Gasteiger charge is -2.40. The van der Waals surface area contributed by atoms with Gasteiger partial charge in [-0.25, -0.2) is 8.42 Å². The van der Waals surface area contributed by atoms with E-state index < -0.39 is 10.0 Å². The van der Waals surface area contributed by atoms with E-state index >= 15 is 0 Å². The zero-order valence-corrected chi connectivity index (χ0v) is 15.4. The zero-order valence-electron chi connectivity index (χ0n) is 14.5. The van der Waals surface area contributed by atoms with Crippen LogP contribution >= 0.6 is 0 Å². The Hall–Kier alpha value is -0.660. The minimum atomic E-state index is -3.24. The molecule has 0 unspecified atom stereocenters. The average molecular weight is 356 g/mol. The van der Waals surface area contributed by atoms with Gasteiger partial charge < -0.3 is 10.2 Å². The van der Waals surface area contributed by atoms with Gasteiger partial charge in [-0.2, -0.15) is 4.31 Å². The first kappa shape index (κ1) is 16.8. The quantitative estimate of drug-likeness (QED) is 0.800. The predicted octanol–water partition coefficient (Wildman–Crippen LogP) is 0.934. The molecule has 0 aromatic rings. The third kappa shape index (κ3) is 2.59. The summed E-state index contributed by atoms with van der Waals surface area (Å²) in [5.74, 6) is 0.206. The molecule has 7 heteroatoms. The van der Waals surface area contributed by atoms with E-state index in [4.69, 9.17) is 0 Å². The Morgan fingerprint density at radius 3 is 2.79 bits per heavy atom. The van der Waals surface area contributed by atoms with Crippen LogP contribution in [-0.2, 0) is 14.8 Å². The third-order valence-electron chi connectivity index (χ3n) is 6.83. The molecule has 3 heterocycles. The Labute approximate surface area is 145 Å². The maximum Gasteiger partial charge on any atom is 0.238 e. The van der Waals surface area contributed by atoms with Gasteiger partial charge in [0.05, 0.1) is 12.3 Å². The maximum absolute atomic E-state index is 13.1. The molecule has 136 valence electrons. The number of fused-ring (bicyclic) bond motifs is 1. The van der Waals surface area contributed by atoms with Crippen LogP contribution in [0.25, 0.3) is 0 Å². The largest absolute Gasteiger partial charge is 0.334 e. The molecule has 0 aromatic heterocycles. The number of piperidine rings is 1. The number of hydrogen-bond acceptors (Lipinski definition) is 4. The highest BCUT2D eigenvalue weighted by Gasteiger charge is 2.57. The highest BCUT2D eigenvalue weighted by molar-refractivity contribution is 7.89. The van der Waals surface area contributed by atoms with Crippen molar-refractivity contribution in [1.29, 1.82) is 0 Å². The number of nitrogens with one attached hydrogen (secondary N) is 1. The molecule has 0 radical (unpaired) electrons. The van der Waals surface area contributed by atoms with Crippen molar-refractivity contribution in [2.75, 3.05) is 25.4 Å². The van der Waals surface area contributed by atoms with Gasteiger partial charge in [0.1, 0.15) is 0 Å². The summed E-state index contributed by atoms with van der Waals surface area (Å²) in [5.41, 5.74) is 0.149. The fourth-order valence-corrected chi connectivity index (χ4v) is 7.13. The molecule has 0 aromatic carbocycles.